The molecule has 1 saturated heterocycles. The van der Waals surface area contributed by atoms with Crippen LogP contribution in [0.25, 0.3) is 0 Å². The lowest BCUT2D eigenvalue weighted by molar-refractivity contribution is -0.155. The molecule has 2 amide bonds. The van der Waals surface area contributed by atoms with Crippen molar-refractivity contribution in [3.8, 4) is 11.8 Å². The Morgan fingerprint density at radius 3 is 2.70 bits per heavy atom. The molecule has 6 nitrogen and oxygen atoms in total. The van der Waals surface area contributed by atoms with Crippen LogP contribution >= 0.6 is 0 Å². The van der Waals surface area contributed by atoms with Crippen LogP contribution in [-0.2, 0) is 16.1 Å². The summed E-state index contributed by atoms with van der Waals surface area (Å²) in [6.07, 6.45) is 0. The van der Waals surface area contributed by atoms with Crippen LogP contribution in [-0.4, -0.2) is 48.9 Å². The normalized spacial score (nSPS) is 15.2. The van der Waals surface area contributed by atoms with Gasteiger partial charge in [-0.2, -0.15) is 5.26 Å². The summed E-state index contributed by atoms with van der Waals surface area (Å²) in [4.78, 5) is 26.5. The Labute approximate surface area is 117 Å². The lowest BCUT2D eigenvalue weighted by Gasteiger charge is -2.31. The number of nitriles is 1. The van der Waals surface area contributed by atoms with Gasteiger partial charge in [0.05, 0.1) is 18.7 Å². The van der Waals surface area contributed by atoms with Gasteiger partial charge in [0.1, 0.15) is 5.75 Å². The maximum atomic E-state index is 11.9. The van der Waals surface area contributed by atoms with Crippen molar-refractivity contribution in [2.24, 2.45) is 0 Å². The minimum absolute atomic E-state index is 0.261. The zero-order valence-electron chi connectivity index (χ0n) is 11.4. The average Bonchev–Trinajstić information content (AvgIpc) is 2.47. The van der Waals surface area contributed by atoms with Crippen LogP contribution in [0.4, 0.5) is 0 Å². The van der Waals surface area contributed by atoms with Crippen molar-refractivity contribution in [1.82, 2.24) is 9.80 Å². The highest BCUT2D eigenvalue weighted by Crippen LogP contribution is 2.22. The van der Waals surface area contributed by atoms with Gasteiger partial charge in [0.2, 0.25) is 0 Å². The summed E-state index contributed by atoms with van der Waals surface area (Å²) in [5.74, 6) is -0.432. The van der Waals surface area contributed by atoms with E-state index in [0.29, 0.717) is 24.4 Å². The van der Waals surface area contributed by atoms with Crippen molar-refractivity contribution in [3.05, 3.63) is 29.3 Å². The molecule has 0 unspecified atom stereocenters. The van der Waals surface area contributed by atoms with Gasteiger partial charge in [-0.15, -0.1) is 0 Å². The van der Waals surface area contributed by atoms with Gasteiger partial charge < -0.3 is 14.5 Å². The Hall–Kier alpha value is -2.55. The van der Waals surface area contributed by atoms with Crippen LogP contribution < -0.4 is 4.74 Å². The van der Waals surface area contributed by atoms with E-state index in [0.717, 1.165) is 5.56 Å². The number of amides is 2. The smallest absolute Gasteiger partial charge is 0.312 e. The van der Waals surface area contributed by atoms with E-state index in [-0.39, 0.29) is 6.54 Å². The van der Waals surface area contributed by atoms with Gasteiger partial charge in [0, 0.05) is 32.2 Å². The quantitative estimate of drug-likeness (QED) is 0.746. The van der Waals surface area contributed by atoms with Crippen LogP contribution in [0, 0.1) is 11.3 Å². The van der Waals surface area contributed by atoms with Crippen LogP contribution in [0.5, 0.6) is 5.75 Å². The standard InChI is InChI=1S/C14H15N3O3/c1-16-5-6-17(14(19)13(16)18)9-11-7-10(8-15)3-4-12(11)20-2/h3-4,7H,5-6,9H2,1-2H3. The van der Waals surface area contributed by atoms with E-state index in [1.807, 2.05) is 6.07 Å². The van der Waals surface area contributed by atoms with Crippen molar-refractivity contribution < 1.29 is 14.3 Å². The maximum absolute atomic E-state index is 11.9. The fourth-order valence-corrected chi connectivity index (χ4v) is 2.10. The second kappa shape index (κ2) is 5.61. The molecule has 1 heterocycles. The molecule has 0 aliphatic carbocycles. The summed E-state index contributed by atoms with van der Waals surface area (Å²) in [5, 5.41) is 8.93. The molecule has 0 atom stereocenters. The first kappa shape index (κ1) is 13.9. The largest absolute Gasteiger partial charge is 0.496 e. The van der Waals surface area contributed by atoms with Crippen LogP contribution in [0.15, 0.2) is 18.2 Å². The van der Waals surface area contributed by atoms with Crippen LogP contribution in [0.1, 0.15) is 11.1 Å². The lowest BCUT2D eigenvalue weighted by atomic mass is 10.1. The molecule has 20 heavy (non-hydrogen) atoms. The van der Waals surface area contributed by atoms with Crippen LogP contribution in [0.3, 0.4) is 0 Å². The molecule has 0 N–H and O–H groups in total. The summed E-state index contributed by atoms with van der Waals surface area (Å²) >= 11 is 0. The molecule has 0 bridgehead atoms. The van der Waals surface area contributed by atoms with Gasteiger partial charge in [-0.1, -0.05) is 0 Å². The third kappa shape index (κ3) is 2.57. The number of rotatable bonds is 3. The Bertz CT molecular complexity index is 592. The number of carbonyl (C=O) groups is 2. The summed E-state index contributed by atoms with van der Waals surface area (Å²) in [7, 11) is 3.14. The van der Waals surface area contributed by atoms with E-state index in [1.165, 1.54) is 16.9 Å². The predicted octanol–water partition coefficient (Wildman–Crippen LogP) is 0.367. The molecule has 0 aromatic heterocycles. The topological polar surface area (TPSA) is 73.6 Å². The Balaban J connectivity index is 2.23. The van der Waals surface area contributed by atoms with Gasteiger partial charge >= 0.3 is 11.8 Å². The second-order valence-electron chi connectivity index (χ2n) is 4.59. The molecule has 1 aromatic rings. The van der Waals surface area contributed by atoms with Gasteiger partial charge in [-0.25, -0.2) is 0 Å². The molecule has 0 radical (unpaired) electrons. The average molecular weight is 273 g/mol. The highest BCUT2D eigenvalue weighted by Gasteiger charge is 2.30. The summed E-state index contributed by atoms with van der Waals surface area (Å²) in [6.45, 7) is 1.24. The number of nitrogens with zero attached hydrogens (tertiary/aromatic N) is 3. The van der Waals surface area contributed by atoms with Crippen molar-refractivity contribution in [1.29, 1.82) is 5.26 Å². The van der Waals surface area contributed by atoms with E-state index in [1.54, 1.807) is 25.2 Å². The van der Waals surface area contributed by atoms with Gasteiger partial charge in [-0.05, 0) is 18.2 Å². The zero-order valence-corrected chi connectivity index (χ0v) is 11.4. The predicted molar refractivity (Wildman–Crippen MR) is 70.8 cm³/mol. The van der Waals surface area contributed by atoms with Crippen molar-refractivity contribution >= 4 is 11.8 Å². The zero-order chi connectivity index (χ0) is 14.7. The Morgan fingerprint density at radius 2 is 2.05 bits per heavy atom. The number of carbonyl (C=O) groups excluding carboxylic acids is 2. The number of benzene rings is 1. The summed E-state index contributed by atoms with van der Waals surface area (Å²) in [5.41, 5.74) is 1.21. The number of ether oxygens (including phenoxy) is 1. The molecule has 1 aromatic carbocycles. The third-order valence-corrected chi connectivity index (χ3v) is 3.29. The van der Waals surface area contributed by atoms with E-state index >= 15 is 0 Å². The van der Waals surface area contributed by atoms with Gasteiger partial charge in [-0.3, -0.25) is 9.59 Å². The van der Waals surface area contributed by atoms with E-state index in [4.69, 9.17) is 10.00 Å². The van der Waals surface area contributed by atoms with Crippen molar-refractivity contribution in [2.45, 2.75) is 6.54 Å². The number of piperazine rings is 1. The fourth-order valence-electron chi connectivity index (χ4n) is 2.10. The van der Waals surface area contributed by atoms with Crippen molar-refractivity contribution in [2.75, 3.05) is 27.2 Å². The molecule has 1 fully saturated rings. The maximum Gasteiger partial charge on any atom is 0.312 e. The first-order chi connectivity index (χ1) is 9.56. The van der Waals surface area contributed by atoms with Crippen LogP contribution in [0.2, 0.25) is 0 Å². The highest BCUT2D eigenvalue weighted by molar-refractivity contribution is 6.35. The molecule has 2 rings (SSSR count). The van der Waals surface area contributed by atoms with E-state index < -0.39 is 11.8 Å². The van der Waals surface area contributed by atoms with E-state index in [9.17, 15) is 9.59 Å². The third-order valence-electron chi connectivity index (χ3n) is 3.29. The lowest BCUT2D eigenvalue weighted by Crippen LogP contribution is -2.52. The molecule has 0 spiro atoms. The summed E-state index contributed by atoms with van der Waals surface area (Å²) in [6, 6.07) is 7.07. The SMILES string of the molecule is COc1ccc(C#N)cc1CN1CCN(C)C(=O)C1=O. The first-order valence-corrected chi connectivity index (χ1v) is 6.18. The second-order valence-corrected chi connectivity index (χ2v) is 4.59. The molecule has 104 valence electrons. The van der Waals surface area contributed by atoms with Gasteiger partial charge in [0.25, 0.3) is 0 Å². The minimum Gasteiger partial charge on any atom is -0.496 e. The number of hydrogen-bond donors (Lipinski definition) is 0. The highest BCUT2D eigenvalue weighted by atomic mass is 16.5. The molecule has 0 saturated carbocycles. The van der Waals surface area contributed by atoms with E-state index in [2.05, 4.69) is 0 Å². The fraction of sp³-hybridized carbons (Fsp3) is 0.357. The number of likely N-dealkylation sites (N-methyl/N-ethyl adjacent to an activating group) is 1. The Kier molecular flexibility index (Phi) is 3.89. The summed E-state index contributed by atoms with van der Waals surface area (Å²) < 4.78 is 5.23. The Morgan fingerprint density at radius 1 is 1.30 bits per heavy atom. The minimum atomic E-state index is -0.525. The molecular weight excluding hydrogens is 258 g/mol. The molecule has 1 aliphatic heterocycles. The van der Waals surface area contributed by atoms with Crippen molar-refractivity contribution in [3.63, 3.8) is 0 Å². The monoisotopic (exact) mass is 273 g/mol. The number of hydrogen-bond acceptors (Lipinski definition) is 4. The first-order valence-electron chi connectivity index (χ1n) is 6.18. The molecular formula is C14H15N3O3. The van der Waals surface area contributed by atoms with Gasteiger partial charge in [0.15, 0.2) is 0 Å². The molecule has 6 heteroatoms. The number of methoxy groups -OCH3 is 1. The molecule has 1 aliphatic rings.